The second-order valence-electron chi connectivity index (χ2n) is 4.47. The van der Waals surface area contributed by atoms with E-state index >= 15 is 0 Å². The average molecular weight is 225 g/mol. The Morgan fingerprint density at radius 2 is 1.65 bits per heavy atom. The smallest absolute Gasteiger partial charge is 0.0851 e. The van der Waals surface area contributed by atoms with Crippen molar-refractivity contribution < 1.29 is 5.11 Å². The van der Waals surface area contributed by atoms with E-state index in [-0.39, 0.29) is 0 Å². The number of aliphatic hydroxyl groups is 1. The van der Waals surface area contributed by atoms with Crippen molar-refractivity contribution in [2.75, 3.05) is 11.9 Å². The van der Waals surface area contributed by atoms with E-state index in [1.54, 1.807) is 0 Å². The number of anilines is 2. The largest absolute Gasteiger partial charge is 0.388 e. The first kappa shape index (κ1) is 10.4. The summed E-state index contributed by atoms with van der Waals surface area (Å²) in [7, 11) is 2.05. The van der Waals surface area contributed by atoms with Crippen molar-refractivity contribution in [2.24, 2.45) is 0 Å². The first-order valence-electron chi connectivity index (χ1n) is 5.86. The SMILES string of the molecule is CN1c2ccccc2C[C@H](O)c2ccccc21. The Morgan fingerprint density at radius 1 is 1.00 bits per heavy atom. The van der Waals surface area contributed by atoms with Gasteiger partial charge in [-0.05, 0) is 17.7 Å². The van der Waals surface area contributed by atoms with Crippen LogP contribution in [0.15, 0.2) is 48.5 Å². The maximum Gasteiger partial charge on any atom is 0.0851 e. The summed E-state index contributed by atoms with van der Waals surface area (Å²) in [5.74, 6) is 0. The predicted octanol–water partition coefficient (Wildman–Crippen LogP) is 3.04. The summed E-state index contributed by atoms with van der Waals surface area (Å²) in [4.78, 5) is 2.15. The molecule has 0 aromatic heterocycles. The lowest BCUT2D eigenvalue weighted by Gasteiger charge is -2.21. The Bertz CT molecular complexity index is 550. The molecular weight excluding hydrogens is 210 g/mol. The number of aliphatic hydroxyl groups excluding tert-OH is 1. The van der Waals surface area contributed by atoms with Crippen LogP contribution in [0.4, 0.5) is 11.4 Å². The highest BCUT2D eigenvalue weighted by molar-refractivity contribution is 5.70. The quantitative estimate of drug-likeness (QED) is 0.745. The molecule has 0 bridgehead atoms. The summed E-state index contributed by atoms with van der Waals surface area (Å²) in [5, 5.41) is 10.3. The van der Waals surface area contributed by atoms with Gasteiger partial charge in [-0.3, -0.25) is 0 Å². The topological polar surface area (TPSA) is 23.5 Å². The van der Waals surface area contributed by atoms with Gasteiger partial charge in [0.1, 0.15) is 0 Å². The molecule has 0 saturated carbocycles. The van der Waals surface area contributed by atoms with Crippen LogP contribution in [-0.4, -0.2) is 12.2 Å². The molecule has 0 amide bonds. The number of fused-ring (bicyclic) bond motifs is 2. The number of nitrogens with zero attached hydrogens (tertiary/aromatic N) is 1. The summed E-state index contributed by atoms with van der Waals surface area (Å²) in [6, 6.07) is 16.3. The molecule has 2 aromatic rings. The monoisotopic (exact) mass is 225 g/mol. The molecule has 0 spiro atoms. The molecule has 0 radical (unpaired) electrons. The van der Waals surface area contributed by atoms with Crippen LogP contribution in [0.1, 0.15) is 17.2 Å². The molecule has 86 valence electrons. The van der Waals surface area contributed by atoms with Gasteiger partial charge in [-0.15, -0.1) is 0 Å². The van der Waals surface area contributed by atoms with Crippen molar-refractivity contribution in [3.8, 4) is 0 Å². The van der Waals surface area contributed by atoms with Gasteiger partial charge in [0.05, 0.1) is 6.10 Å². The molecular formula is C15H15NO. The van der Waals surface area contributed by atoms with Crippen molar-refractivity contribution in [1.82, 2.24) is 0 Å². The molecule has 0 unspecified atom stereocenters. The molecule has 1 N–H and O–H groups in total. The fraction of sp³-hybridized carbons (Fsp3) is 0.200. The van der Waals surface area contributed by atoms with Crippen molar-refractivity contribution in [1.29, 1.82) is 0 Å². The van der Waals surface area contributed by atoms with E-state index in [2.05, 4.69) is 30.1 Å². The van der Waals surface area contributed by atoms with Gasteiger partial charge in [0.15, 0.2) is 0 Å². The minimum Gasteiger partial charge on any atom is -0.388 e. The maximum atomic E-state index is 10.3. The van der Waals surface area contributed by atoms with Gasteiger partial charge in [-0.25, -0.2) is 0 Å². The molecule has 17 heavy (non-hydrogen) atoms. The Kier molecular flexibility index (Phi) is 2.37. The highest BCUT2D eigenvalue weighted by Crippen LogP contribution is 2.38. The third kappa shape index (κ3) is 1.61. The van der Waals surface area contributed by atoms with Crippen molar-refractivity contribution in [3.63, 3.8) is 0 Å². The van der Waals surface area contributed by atoms with E-state index in [1.807, 2.05) is 30.3 Å². The van der Waals surface area contributed by atoms with Gasteiger partial charge in [0, 0.05) is 30.4 Å². The zero-order chi connectivity index (χ0) is 11.8. The zero-order valence-corrected chi connectivity index (χ0v) is 9.80. The third-order valence-electron chi connectivity index (χ3n) is 3.42. The molecule has 0 saturated heterocycles. The summed E-state index contributed by atoms with van der Waals surface area (Å²) >= 11 is 0. The molecule has 0 fully saturated rings. The molecule has 3 rings (SSSR count). The first-order chi connectivity index (χ1) is 8.27. The summed E-state index contributed by atoms with van der Waals surface area (Å²) in [6.45, 7) is 0. The molecule has 1 aliphatic rings. The summed E-state index contributed by atoms with van der Waals surface area (Å²) in [6.07, 6.45) is 0.259. The van der Waals surface area contributed by atoms with Crippen molar-refractivity contribution in [2.45, 2.75) is 12.5 Å². The fourth-order valence-electron chi connectivity index (χ4n) is 2.53. The van der Waals surface area contributed by atoms with E-state index < -0.39 is 6.10 Å². The van der Waals surface area contributed by atoms with Crippen LogP contribution in [0.3, 0.4) is 0 Å². The van der Waals surface area contributed by atoms with E-state index in [0.717, 1.165) is 11.3 Å². The second-order valence-corrected chi connectivity index (χ2v) is 4.47. The molecule has 2 heteroatoms. The first-order valence-corrected chi connectivity index (χ1v) is 5.86. The number of rotatable bonds is 0. The van der Waals surface area contributed by atoms with Gasteiger partial charge >= 0.3 is 0 Å². The number of hydrogen-bond donors (Lipinski definition) is 1. The van der Waals surface area contributed by atoms with Crippen molar-refractivity contribution >= 4 is 11.4 Å². The average Bonchev–Trinajstić information content (AvgIpc) is 2.48. The highest BCUT2D eigenvalue weighted by atomic mass is 16.3. The normalized spacial score (nSPS) is 18.2. The van der Waals surface area contributed by atoms with Crippen LogP contribution in [0.2, 0.25) is 0 Å². The van der Waals surface area contributed by atoms with Gasteiger partial charge in [0.2, 0.25) is 0 Å². The van der Waals surface area contributed by atoms with Crippen molar-refractivity contribution in [3.05, 3.63) is 59.7 Å². The van der Waals surface area contributed by atoms with E-state index in [1.165, 1.54) is 11.3 Å². The molecule has 2 nitrogen and oxygen atoms in total. The van der Waals surface area contributed by atoms with E-state index in [9.17, 15) is 5.11 Å². The fourth-order valence-corrected chi connectivity index (χ4v) is 2.53. The third-order valence-corrected chi connectivity index (χ3v) is 3.42. The standard InChI is InChI=1S/C15H15NO/c1-16-13-8-4-2-6-11(13)10-15(17)12-7-3-5-9-14(12)16/h2-9,15,17H,10H2,1H3/t15-/m0/s1. The molecule has 2 aromatic carbocycles. The van der Waals surface area contributed by atoms with Crippen LogP contribution in [0, 0.1) is 0 Å². The molecule has 0 aliphatic carbocycles. The van der Waals surface area contributed by atoms with Gasteiger partial charge in [0.25, 0.3) is 0 Å². The highest BCUT2D eigenvalue weighted by Gasteiger charge is 2.22. The maximum absolute atomic E-state index is 10.3. The minimum absolute atomic E-state index is 0.419. The molecule has 1 aliphatic heterocycles. The lowest BCUT2D eigenvalue weighted by molar-refractivity contribution is 0.180. The number of benzene rings is 2. The van der Waals surface area contributed by atoms with Crippen LogP contribution in [0.5, 0.6) is 0 Å². The van der Waals surface area contributed by atoms with Crippen LogP contribution in [0.25, 0.3) is 0 Å². The van der Waals surface area contributed by atoms with Gasteiger partial charge < -0.3 is 10.0 Å². The lowest BCUT2D eigenvalue weighted by Crippen LogP contribution is -2.11. The van der Waals surface area contributed by atoms with Crippen LogP contribution < -0.4 is 4.90 Å². The van der Waals surface area contributed by atoms with Crippen LogP contribution >= 0.6 is 0 Å². The Balaban J connectivity index is 2.22. The van der Waals surface area contributed by atoms with Crippen LogP contribution in [-0.2, 0) is 6.42 Å². The Hall–Kier alpha value is -1.80. The predicted molar refractivity (Wildman–Crippen MR) is 69.6 cm³/mol. The molecule has 1 heterocycles. The summed E-state index contributed by atoms with van der Waals surface area (Å²) < 4.78 is 0. The number of hydrogen-bond acceptors (Lipinski definition) is 2. The summed E-state index contributed by atoms with van der Waals surface area (Å²) in [5.41, 5.74) is 4.46. The Morgan fingerprint density at radius 3 is 2.47 bits per heavy atom. The van der Waals surface area contributed by atoms with E-state index in [4.69, 9.17) is 0 Å². The number of para-hydroxylation sites is 2. The minimum atomic E-state index is -0.419. The van der Waals surface area contributed by atoms with Gasteiger partial charge in [-0.1, -0.05) is 36.4 Å². The molecule has 1 atom stereocenters. The second kappa shape index (κ2) is 3.90. The Labute approximate surface area is 101 Å². The lowest BCUT2D eigenvalue weighted by atomic mass is 10.0. The zero-order valence-electron chi connectivity index (χ0n) is 9.80. The van der Waals surface area contributed by atoms with E-state index in [0.29, 0.717) is 6.42 Å². The van der Waals surface area contributed by atoms with Gasteiger partial charge in [-0.2, -0.15) is 0 Å².